The number of carbonyl (C=O) groups excluding carboxylic acids is 2. The molecule has 0 radical (unpaired) electrons. The topological polar surface area (TPSA) is 118 Å². The van der Waals surface area contributed by atoms with Crippen molar-refractivity contribution >= 4 is 34.8 Å². The van der Waals surface area contributed by atoms with Crippen LogP contribution in [0.25, 0.3) is 10.4 Å². The Morgan fingerprint density at radius 3 is 2.73 bits per heavy atom. The highest BCUT2D eigenvalue weighted by atomic mass is 35.5. The predicted octanol–water partition coefficient (Wildman–Crippen LogP) is 1.86. The molecule has 0 aromatic carbocycles. The molecule has 3 fully saturated rings. The fourth-order valence-corrected chi connectivity index (χ4v) is 6.31. The second-order valence-corrected chi connectivity index (χ2v) is 10.5. The van der Waals surface area contributed by atoms with Crippen LogP contribution in [0.15, 0.2) is 24.9 Å². The third kappa shape index (κ3) is 4.49. The van der Waals surface area contributed by atoms with Gasteiger partial charge in [0.1, 0.15) is 18.5 Å². The average molecular weight is 492 g/mol. The molecule has 2 aromatic rings. The zero-order chi connectivity index (χ0) is 22.9. The summed E-state index contributed by atoms with van der Waals surface area (Å²) in [7, 11) is 0. The fraction of sp³-hybridized carbons (Fsp3) is 0.591. The number of aliphatic hydroxyl groups excluding tert-OH is 1. The molecule has 33 heavy (non-hydrogen) atoms. The van der Waals surface area contributed by atoms with Crippen molar-refractivity contribution in [2.45, 2.75) is 61.8 Å². The minimum Gasteiger partial charge on any atom is -0.388 e. The molecule has 0 bridgehead atoms. The number of hydrogen-bond donors (Lipinski definition) is 2. The SMILES string of the molecule is O=C(N[C@H](C(=O)N1C[C@H](Cl)[C@H]2OC[C@H](O)[C@H]21)C1CCCCC1)c1ncc(-c2cncnc2)s1. The number of alkyl halides is 1. The average Bonchev–Trinajstić information content (AvgIpc) is 3.56. The maximum Gasteiger partial charge on any atom is 0.280 e. The number of nitrogens with one attached hydrogen (secondary N) is 1. The fourth-order valence-electron chi connectivity index (χ4n) is 5.15. The lowest BCUT2D eigenvalue weighted by atomic mass is 9.83. The summed E-state index contributed by atoms with van der Waals surface area (Å²) in [4.78, 5) is 41.6. The van der Waals surface area contributed by atoms with E-state index in [1.165, 1.54) is 17.7 Å². The lowest BCUT2D eigenvalue weighted by Crippen LogP contribution is -2.56. The van der Waals surface area contributed by atoms with Crippen LogP contribution in [0, 0.1) is 5.92 Å². The molecule has 11 heteroatoms. The number of aromatic nitrogens is 3. The summed E-state index contributed by atoms with van der Waals surface area (Å²) in [6, 6.07) is -1.17. The number of aliphatic hydroxyl groups is 1. The first-order chi connectivity index (χ1) is 16.0. The number of carbonyl (C=O) groups is 2. The van der Waals surface area contributed by atoms with Gasteiger partial charge in [-0.15, -0.1) is 22.9 Å². The van der Waals surface area contributed by atoms with E-state index in [-0.39, 0.29) is 40.8 Å². The van der Waals surface area contributed by atoms with Gasteiger partial charge in [0.05, 0.1) is 29.0 Å². The summed E-state index contributed by atoms with van der Waals surface area (Å²) < 4.78 is 5.62. The molecule has 2 amide bonds. The summed E-state index contributed by atoms with van der Waals surface area (Å²) in [6.45, 7) is 0.454. The number of likely N-dealkylation sites (tertiary alicyclic amines) is 1. The molecule has 2 aromatic heterocycles. The second kappa shape index (κ2) is 9.61. The Morgan fingerprint density at radius 1 is 1.21 bits per heavy atom. The van der Waals surface area contributed by atoms with Gasteiger partial charge in [0, 0.05) is 30.7 Å². The number of rotatable bonds is 5. The molecule has 1 aliphatic carbocycles. The van der Waals surface area contributed by atoms with Crippen LogP contribution in [-0.2, 0) is 9.53 Å². The van der Waals surface area contributed by atoms with Gasteiger partial charge in [-0.1, -0.05) is 19.3 Å². The van der Waals surface area contributed by atoms with Gasteiger partial charge in [-0.2, -0.15) is 0 Å². The Bertz CT molecular complexity index is 1000. The number of halogens is 1. The van der Waals surface area contributed by atoms with E-state index < -0.39 is 18.2 Å². The van der Waals surface area contributed by atoms with Gasteiger partial charge in [0.2, 0.25) is 5.91 Å². The van der Waals surface area contributed by atoms with Crippen LogP contribution >= 0.6 is 22.9 Å². The molecule has 5 rings (SSSR count). The molecule has 176 valence electrons. The highest BCUT2D eigenvalue weighted by Gasteiger charge is 2.53. The Balaban J connectivity index is 1.36. The number of amides is 2. The first kappa shape index (κ1) is 22.6. The first-order valence-electron chi connectivity index (χ1n) is 11.3. The maximum absolute atomic E-state index is 13.7. The molecule has 4 heterocycles. The minimum atomic E-state index is -0.778. The zero-order valence-corrected chi connectivity index (χ0v) is 19.5. The molecule has 1 saturated carbocycles. The second-order valence-electron chi connectivity index (χ2n) is 8.87. The van der Waals surface area contributed by atoms with Crippen molar-refractivity contribution < 1.29 is 19.4 Å². The van der Waals surface area contributed by atoms with E-state index in [2.05, 4.69) is 20.3 Å². The van der Waals surface area contributed by atoms with Gasteiger partial charge in [-0.3, -0.25) is 9.59 Å². The molecule has 9 nitrogen and oxygen atoms in total. The predicted molar refractivity (Wildman–Crippen MR) is 122 cm³/mol. The Kier molecular flexibility index (Phi) is 6.60. The minimum absolute atomic E-state index is 0.0319. The molecular weight excluding hydrogens is 466 g/mol. The van der Waals surface area contributed by atoms with Crippen molar-refractivity contribution in [2.24, 2.45) is 5.92 Å². The lowest BCUT2D eigenvalue weighted by Gasteiger charge is -2.35. The van der Waals surface area contributed by atoms with Crippen molar-refractivity contribution in [2.75, 3.05) is 13.2 Å². The number of ether oxygens (including phenoxy) is 1. The molecule has 0 spiro atoms. The quantitative estimate of drug-likeness (QED) is 0.613. The monoisotopic (exact) mass is 491 g/mol. The van der Waals surface area contributed by atoms with Crippen molar-refractivity contribution in [3.63, 3.8) is 0 Å². The van der Waals surface area contributed by atoms with Crippen LogP contribution in [-0.4, -0.2) is 79.6 Å². The molecule has 2 aliphatic heterocycles. The smallest absolute Gasteiger partial charge is 0.280 e. The molecule has 5 atom stereocenters. The number of nitrogens with zero attached hydrogens (tertiary/aromatic N) is 4. The third-order valence-electron chi connectivity index (χ3n) is 6.78. The maximum atomic E-state index is 13.7. The zero-order valence-electron chi connectivity index (χ0n) is 18.0. The van der Waals surface area contributed by atoms with Gasteiger partial charge >= 0.3 is 0 Å². The van der Waals surface area contributed by atoms with E-state index in [4.69, 9.17) is 16.3 Å². The number of fused-ring (bicyclic) bond motifs is 1. The van der Waals surface area contributed by atoms with Crippen molar-refractivity contribution in [3.05, 3.63) is 29.9 Å². The highest BCUT2D eigenvalue weighted by Crippen LogP contribution is 2.35. The summed E-state index contributed by atoms with van der Waals surface area (Å²) in [6.07, 6.45) is 10.1. The van der Waals surface area contributed by atoms with Crippen molar-refractivity contribution in [1.29, 1.82) is 0 Å². The van der Waals surface area contributed by atoms with E-state index in [0.717, 1.165) is 42.5 Å². The molecule has 0 unspecified atom stereocenters. The molecule has 2 N–H and O–H groups in total. The van der Waals surface area contributed by atoms with Gasteiger partial charge in [0.25, 0.3) is 5.91 Å². The number of thiazole rings is 1. The van der Waals surface area contributed by atoms with E-state index in [1.807, 2.05) is 0 Å². The summed E-state index contributed by atoms with van der Waals surface area (Å²) in [5.74, 6) is -0.552. The third-order valence-corrected chi connectivity index (χ3v) is 8.21. The van der Waals surface area contributed by atoms with Crippen LogP contribution in [0.3, 0.4) is 0 Å². The van der Waals surface area contributed by atoms with Crippen LogP contribution in [0.5, 0.6) is 0 Å². The summed E-state index contributed by atoms with van der Waals surface area (Å²) in [5, 5.41) is 13.3. The van der Waals surface area contributed by atoms with Crippen LogP contribution in [0.4, 0.5) is 0 Å². The normalized spacial score (nSPS) is 28.5. The van der Waals surface area contributed by atoms with E-state index >= 15 is 0 Å². The van der Waals surface area contributed by atoms with Gasteiger partial charge in [-0.05, 0) is 18.8 Å². The first-order valence-corrected chi connectivity index (χ1v) is 12.5. The van der Waals surface area contributed by atoms with Crippen molar-refractivity contribution in [1.82, 2.24) is 25.2 Å². The lowest BCUT2D eigenvalue weighted by molar-refractivity contribution is -0.137. The van der Waals surface area contributed by atoms with Crippen LogP contribution in [0.1, 0.15) is 41.9 Å². The highest BCUT2D eigenvalue weighted by molar-refractivity contribution is 7.16. The Labute approximate surface area is 200 Å². The van der Waals surface area contributed by atoms with Gasteiger partial charge < -0.3 is 20.1 Å². The van der Waals surface area contributed by atoms with Gasteiger partial charge in [-0.25, -0.2) is 15.0 Å². The largest absolute Gasteiger partial charge is 0.388 e. The summed E-state index contributed by atoms with van der Waals surface area (Å²) in [5.41, 5.74) is 0.778. The van der Waals surface area contributed by atoms with Crippen LogP contribution < -0.4 is 5.32 Å². The Hall–Kier alpha value is -2.14. The molecule has 3 aliphatic rings. The van der Waals surface area contributed by atoms with Crippen molar-refractivity contribution in [3.8, 4) is 10.4 Å². The molecular formula is C22H26ClN5O4S. The number of hydrogen-bond acceptors (Lipinski definition) is 8. The standard InChI is InChI=1S/C22H26ClN5O4S/c23-14-9-28(18-15(29)10-32-19(14)18)22(31)17(12-4-2-1-3-5-12)27-20(30)21-26-8-16(33-21)13-6-24-11-25-7-13/h6-8,11-12,14-15,17-19,29H,1-5,9-10H2,(H,27,30)/t14-,15-,17-,18+,19+/m0/s1. The van der Waals surface area contributed by atoms with Crippen LogP contribution in [0.2, 0.25) is 0 Å². The van der Waals surface area contributed by atoms with E-state index in [9.17, 15) is 14.7 Å². The van der Waals surface area contributed by atoms with E-state index in [1.54, 1.807) is 23.5 Å². The molecule has 2 saturated heterocycles. The van der Waals surface area contributed by atoms with Gasteiger partial charge in [0.15, 0.2) is 5.01 Å². The van der Waals surface area contributed by atoms with E-state index in [0.29, 0.717) is 6.54 Å². The summed E-state index contributed by atoms with van der Waals surface area (Å²) >= 11 is 7.67. The Morgan fingerprint density at radius 2 is 1.97 bits per heavy atom.